The van der Waals surface area contributed by atoms with Gasteiger partial charge in [0.05, 0.1) is 31.1 Å². The minimum absolute atomic E-state index is 0.160. The number of hydrogen-bond acceptors (Lipinski definition) is 6. The predicted molar refractivity (Wildman–Crippen MR) is 135 cm³/mol. The molecule has 0 spiro atoms. The first-order valence-electron chi connectivity index (χ1n) is 11.6. The zero-order valence-corrected chi connectivity index (χ0v) is 21.0. The lowest BCUT2D eigenvalue weighted by molar-refractivity contribution is -0.197. The number of nitrogens with zero attached hydrogens (tertiary/aromatic N) is 3. The fourth-order valence-corrected chi connectivity index (χ4v) is 3.31. The molecule has 0 unspecified atom stereocenters. The number of hydrogen-bond donors (Lipinski definition) is 2. The molecule has 2 N–H and O–H groups in total. The molecule has 0 bridgehead atoms. The zero-order valence-electron chi connectivity index (χ0n) is 21.0. The highest BCUT2D eigenvalue weighted by atomic mass is 16.6. The van der Waals surface area contributed by atoms with Gasteiger partial charge in [0.2, 0.25) is 0 Å². The normalized spacial score (nSPS) is 11.9. The Bertz CT molecular complexity index is 1060. The third kappa shape index (κ3) is 6.82. The van der Waals surface area contributed by atoms with E-state index in [-0.39, 0.29) is 6.61 Å². The molecule has 0 aliphatic rings. The van der Waals surface area contributed by atoms with Crippen molar-refractivity contribution in [2.24, 2.45) is 5.92 Å². The second kappa shape index (κ2) is 11.0. The molecule has 34 heavy (non-hydrogen) atoms. The van der Waals surface area contributed by atoms with Gasteiger partial charge in [-0.1, -0.05) is 38.1 Å². The van der Waals surface area contributed by atoms with E-state index in [1.54, 1.807) is 13.8 Å². The molecule has 1 heterocycles. The fourth-order valence-electron chi connectivity index (χ4n) is 3.31. The summed E-state index contributed by atoms with van der Waals surface area (Å²) in [6.07, 6.45) is -1.58. The lowest BCUT2D eigenvalue weighted by atomic mass is 10.1. The largest absolute Gasteiger partial charge is 0.493 e. The van der Waals surface area contributed by atoms with Crippen LogP contribution < -0.4 is 9.64 Å². The summed E-state index contributed by atoms with van der Waals surface area (Å²) in [6.45, 7) is 8.92. The van der Waals surface area contributed by atoms with E-state index < -0.39 is 11.9 Å². The monoisotopic (exact) mass is 467 g/mol. The Balaban J connectivity index is 1.91. The Morgan fingerprint density at radius 3 is 2.35 bits per heavy atom. The van der Waals surface area contributed by atoms with Crippen molar-refractivity contribution in [2.45, 2.75) is 52.7 Å². The summed E-state index contributed by atoms with van der Waals surface area (Å²) in [5, 5.41) is 23.9. The molecule has 1 aromatic heterocycles. The van der Waals surface area contributed by atoms with Crippen LogP contribution in [0.4, 0.5) is 5.69 Å². The van der Waals surface area contributed by atoms with E-state index in [9.17, 15) is 10.2 Å². The number of aliphatic hydroxyl groups excluding tert-OH is 1. The van der Waals surface area contributed by atoms with Crippen molar-refractivity contribution < 1.29 is 19.7 Å². The molecule has 0 aliphatic carbocycles. The quantitative estimate of drug-likeness (QED) is 0.409. The Hall–Kier alpha value is -2.87. The van der Waals surface area contributed by atoms with E-state index in [1.165, 1.54) is 0 Å². The first-order chi connectivity index (χ1) is 16.0. The molecular weight excluding hydrogens is 430 g/mol. The maximum absolute atomic E-state index is 9.56. The van der Waals surface area contributed by atoms with E-state index >= 15 is 0 Å². The summed E-state index contributed by atoms with van der Waals surface area (Å²) in [5.41, 5.74) is 3.80. The first kappa shape index (κ1) is 25.7. The minimum Gasteiger partial charge on any atom is -0.493 e. The summed E-state index contributed by atoms with van der Waals surface area (Å²) in [4.78, 5) is 2.07. The van der Waals surface area contributed by atoms with Gasteiger partial charge < -0.3 is 24.6 Å². The van der Waals surface area contributed by atoms with Crippen LogP contribution in [0.2, 0.25) is 0 Å². The number of ether oxygens (including phenoxy) is 2. The van der Waals surface area contributed by atoms with E-state index in [1.807, 2.05) is 49.1 Å². The van der Waals surface area contributed by atoms with Gasteiger partial charge in [-0.3, -0.25) is 4.68 Å². The zero-order chi connectivity index (χ0) is 24.9. The average Bonchev–Trinajstić information content (AvgIpc) is 3.19. The van der Waals surface area contributed by atoms with Crippen LogP contribution in [0.3, 0.4) is 0 Å². The van der Waals surface area contributed by atoms with E-state index in [4.69, 9.17) is 14.6 Å². The molecule has 2 aromatic carbocycles. The summed E-state index contributed by atoms with van der Waals surface area (Å²) in [5.74, 6) is 1.25. The van der Waals surface area contributed by atoms with E-state index in [0.717, 1.165) is 28.3 Å². The molecule has 0 amide bonds. The number of aromatic nitrogens is 2. The van der Waals surface area contributed by atoms with Crippen molar-refractivity contribution in [1.29, 1.82) is 0 Å². The van der Waals surface area contributed by atoms with Crippen molar-refractivity contribution in [3.05, 3.63) is 65.9 Å². The van der Waals surface area contributed by atoms with Crippen LogP contribution >= 0.6 is 0 Å². The third-order valence-corrected chi connectivity index (χ3v) is 5.54. The average molecular weight is 468 g/mol. The predicted octanol–water partition coefficient (Wildman–Crippen LogP) is 4.31. The van der Waals surface area contributed by atoms with Crippen molar-refractivity contribution in [3.8, 4) is 17.0 Å². The van der Waals surface area contributed by atoms with Crippen LogP contribution in [-0.2, 0) is 17.9 Å². The second-order valence-corrected chi connectivity index (χ2v) is 9.74. The molecule has 0 atom stereocenters. The molecular formula is C27H37N3O4. The number of rotatable bonds is 11. The van der Waals surface area contributed by atoms with Crippen LogP contribution in [0.5, 0.6) is 5.75 Å². The minimum atomic E-state index is -1.58. The van der Waals surface area contributed by atoms with E-state index in [0.29, 0.717) is 24.8 Å². The highest BCUT2D eigenvalue weighted by molar-refractivity contribution is 5.62. The number of anilines is 1. The lowest BCUT2D eigenvalue weighted by Gasteiger charge is -2.26. The standard InChI is InChI=1S/C27H37N3O4/c1-19(2)17-33-24-9-7-8-21(14-24)25-15-22(18-34-27(3,4)26(31)32)28-30(25)16-20-10-12-23(13-11-20)29(5)6/h7-15,19,26,31-32H,16-18H2,1-6H3. The summed E-state index contributed by atoms with van der Waals surface area (Å²) in [6, 6.07) is 18.4. The van der Waals surface area contributed by atoms with Crippen LogP contribution in [0.15, 0.2) is 54.6 Å². The topological polar surface area (TPSA) is 80.0 Å². The van der Waals surface area contributed by atoms with Crippen LogP contribution in [-0.4, -0.2) is 52.6 Å². The molecule has 3 aromatic rings. The van der Waals surface area contributed by atoms with Gasteiger partial charge in [-0.25, -0.2) is 0 Å². The first-order valence-corrected chi connectivity index (χ1v) is 11.6. The van der Waals surface area contributed by atoms with Gasteiger partial charge in [0.15, 0.2) is 6.29 Å². The molecule has 0 saturated carbocycles. The highest BCUT2D eigenvalue weighted by Crippen LogP contribution is 2.27. The van der Waals surface area contributed by atoms with Gasteiger partial charge in [-0.05, 0) is 55.7 Å². The third-order valence-electron chi connectivity index (χ3n) is 5.54. The van der Waals surface area contributed by atoms with Crippen LogP contribution in [0.1, 0.15) is 39.0 Å². The van der Waals surface area contributed by atoms with Gasteiger partial charge >= 0.3 is 0 Å². The SMILES string of the molecule is CC(C)COc1cccc(-c2cc(COC(C)(C)C(O)O)nn2Cc2ccc(N(C)C)cc2)c1. The van der Waals surface area contributed by atoms with Crippen molar-refractivity contribution >= 4 is 5.69 Å². The van der Waals surface area contributed by atoms with Gasteiger partial charge in [-0.15, -0.1) is 0 Å². The van der Waals surface area contributed by atoms with Crippen LogP contribution in [0, 0.1) is 5.92 Å². The highest BCUT2D eigenvalue weighted by Gasteiger charge is 2.27. The molecule has 7 nitrogen and oxygen atoms in total. The molecule has 0 fully saturated rings. The van der Waals surface area contributed by atoms with E-state index in [2.05, 4.69) is 43.0 Å². The second-order valence-electron chi connectivity index (χ2n) is 9.74. The van der Waals surface area contributed by atoms with Gasteiger partial charge in [0.1, 0.15) is 11.4 Å². The van der Waals surface area contributed by atoms with Crippen molar-refractivity contribution in [3.63, 3.8) is 0 Å². The van der Waals surface area contributed by atoms with Gasteiger partial charge in [0.25, 0.3) is 0 Å². The Morgan fingerprint density at radius 1 is 1.03 bits per heavy atom. The summed E-state index contributed by atoms with van der Waals surface area (Å²) < 4.78 is 13.6. The molecule has 0 saturated heterocycles. The maximum Gasteiger partial charge on any atom is 0.180 e. The molecule has 3 rings (SSSR count). The Morgan fingerprint density at radius 2 is 1.74 bits per heavy atom. The summed E-state index contributed by atoms with van der Waals surface area (Å²) in [7, 11) is 4.04. The molecule has 0 aliphatic heterocycles. The number of aliphatic hydroxyl groups is 2. The summed E-state index contributed by atoms with van der Waals surface area (Å²) >= 11 is 0. The smallest absolute Gasteiger partial charge is 0.180 e. The molecule has 184 valence electrons. The maximum atomic E-state index is 9.56. The lowest BCUT2D eigenvalue weighted by Crippen LogP contribution is -2.38. The van der Waals surface area contributed by atoms with Crippen molar-refractivity contribution in [2.75, 3.05) is 25.6 Å². The molecule has 0 radical (unpaired) electrons. The number of benzene rings is 2. The Labute approximate surface area is 202 Å². The Kier molecular flexibility index (Phi) is 8.36. The van der Waals surface area contributed by atoms with Crippen LogP contribution in [0.25, 0.3) is 11.3 Å². The van der Waals surface area contributed by atoms with Crippen molar-refractivity contribution in [1.82, 2.24) is 9.78 Å². The molecule has 7 heteroatoms. The van der Waals surface area contributed by atoms with Gasteiger partial charge in [-0.2, -0.15) is 5.10 Å². The van der Waals surface area contributed by atoms with Gasteiger partial charge in [0, 0.05) is 25.3 Å². The fraction of sp³-hybridized carbons (Fsp3) is 0.444.